The molecule has 2 rings (SSSR count). The van der Waals surface area contributed by atoms with Gasteiger partial charge in [0.2, 0.25) is 0 Å². The summed E-state index contributed by atoms with van der Waals surface area (Å²) in [4.78, 5) is 23.9. The number of rotatable bonds is 12. The molecule has 10 heteroatoms. The summed E-state index contributed by atoms with van der Waals surface area (Å²) in [6.45, 7) is 3.53. The van der Waals surface area contributed by atoms with Crippen LogP contribution in [0.3, 0.4) is 0 Å². The number of halogens is 1. The normalized spacial score (nSPS) is 10.9. The Kier molecular flexibility index (Phi) is 9.86. The van der Waals surface area contributed by atoms with Crippen molar-refractivity contribution in [1.82, 2.24) is 0 Å². The van der Waals surface area contributed by atoms with Gasteiger partial charge in [0.05, 0.1) is 22.2 Å². The second-order valence-corrected chi connectivity index (χ2v) is 6.99. The SMILES string of the molecule is CCOC(=O)CCCN(CCCO)c1ccc(/N=N/c2ccc([N+](=O)[O-])cc2Cl)cc1. The Labute approximate surface area is 185 Å². The molecule has 0 fully saturated rings. The van der Waals surface area contributed by atoms with Crippen molar-refractivity contribution in [2.24, 2.45) is 10.2 Å². The highest BCUT2D eigenvalue weighted by molar-refractivity contribution is 6.33. The van der Waals surface area contributed by atoms with Crippen molar-refractivity contribution in [2.75, 3.05) is 31.2 Å². The van der Waals surface area contributed by atoms with Gasteiger partial charge in [-0.05, 0) is 50.1 Å². The number of aliphatic hydroxyl groups is 1. The number of ether oxygens (including phenoxy) is 1. The van der Waals surface area contributed by atoms with Gasteiger partial charge in [-0.2, -0.15) is 5.11 Å². The predicted molar refractivity (Wildman–Crippen MR) is 119 cm³/mol. The van der Waals surface area contributed by atoms with Crippen molar-refractivity contribution < 1.29 is 19.6 Å². The average Bonchev–Trinajstić information content (AvgIpc) is 2.75. The van der Waals surface area contributed by atoms with Crippen LogP contribution in [-0.4, -0.2) is 42.3 Å². The predicted octanol–water partition coefficient (Wildman–Crippen LogP) is 5.20. The van der Waals surface area contributed by atoms with E-state index in [0.29, 0.717) is 50.3 Å². The number of anilines is 1. The van der Waals surface area contributed by atoms with Gasteiger partial charge < -0.3 is 14.7 Å². The summed E-state index contributed by atoms with van der Waals surface area (Å²) in [5.74, 6) is -0.217. The molecular formula is C21H25ClN4O5. The molecule has 2 aromatic rings. The first-order valence-electron chi connectivity index (χ1n) is 9.91. The first-order valence-corrected chi connectivity index (χ1v) is 10.3. The van der Waals surface area contributed by atoms with Gasteiger partial charge in [0.15, 0.2) is 0 Å². The molecule has 2 aromatic carbocycles. The standard InChI is InChI=1S/C21H25ClN4O5/c1-2-31-21(28)5-3-12-25(13-4-14-27)17-8-6-16(7-9-17)23-24-20-11-10-18(26(29)30)15-19(20)22/h6-11,15,27H,2-5,12-14H2,1H3/b24-23+. The highest BCUT2D eigenvalue weighted by Gasteiger charge is 2.10. The first kappa shape index (κ1) is 24.2. The summed E-state index contributed by atoms with van der Waals surface area (Å²) in [6, 6.07) is 11.3. The van der Waals surface area contributed by atoms with Crippen LogP contribution in [-0.2, 0) is 9.53 Å². The number of carbonyl (C=O) groups excluding carboxylic acids is 1. The number of esters is 1. The number of nitro groups is 1. The maximum absolute atomic E-state index is 11.5. The van der Waals surface area contributed by atoms with Crippen molar-refractivity contribution in [2.45, 2.75) is 26.2 Å². The highest BCUT2D eigenvalue weighted by Crippen LogP contribution is 2.30. The second-order valence-electron chi connectivity index (χ2n) is 6.58. The Morgan fingerprint density at radius 1 is 1.16 bits per heavy atom. The molecule has 0 aromatic heterocycles. The topological polar surface area (TPSA) is 118 Å². The summed E-state index contributed by atoms with van der Waals surface area (Å²) < 4.78 is 4.95. The third-order valence-electron chi connectivity index (χ3n) is 4.33. The van der Waals surface area contributed by atoms with Crippen LogP contribution in [0.25, 0.3) is 0 Å². The van der Waals surface area contributed by atoms with Gasteiger partial charge in [0, 0.05) is 43.9 Å². The molecule has 0 aliphatic heterocycles. The lowest BCUT2D eigenvalue weighted by Gasteiger charge is -2.24. The van der Waals surface area contributed by atoms with E-state index in [0.717, 1.165) is 5.69 Å². The van der Waals surface area contributed by atoms with Crippen molar-refractivity contribution in [3.05, 3.63) is 57.6 Å². The zero-order valence-electron chi connectivity index (χ0n) is 17.2. The van der Waals surface area contributed by atoms with Crippen molar-refractivity contribution >= 4 is 40.3 Å². The molecule has 9 nitrogen and oxygen atoms in total. The maximum Gasteiger partial charge on any atom is 0.305 e. The second kappa shape index (κ2) is 12.6. The fraction of sp³-hybridized carbons (Fsp3) is 0.381. The fourth-order valence-corrected chi connectivity index (χ4v) is 3.02. The highest BCUT2D eigenvalue weighted by atomic mass is 35.5. The number of hydrogen-bond donors (Lipinski definition) is 1. The molecule has 0 unspecified atom stereocenters. The summed E-state index contributed by atoms with van der Waals surface area (Å²) in [5.41, 5.74) is 1.75. The summed E-state index contributed by atoms with van der Waals surface area (Å²) in [6.07, 6.45) is 1.59. The van der Waals surface area contributed by atoms with E-state index in [4.69, 9.17) is 21.4 Å². The smallest absolute Gasteiger partial charge is 0.305 e. The van der Waals surface area contributed by atoms with Crippen molar-refractivity contribution in [3.8, 4) is 0 Å². The Morgan fingerprint density at radius 2 is 1.87 bits per heavy atom. The van der Waals surface area contributed by atoms with Gasteiger partial charge >= 0.3 is 5.97 Å². The third kappa shape index (κ3) is 7.95. The molecule has 0 saturated heterocycles. The Bertz CT molecular complexity index is 905. The third-order valence-corrected chi connectivity index (χ3v) is 4.63. The minimum Gasteiger partial charge on any atom is -0.466 e. The van der Waals surface area contributed by atoms with Crippen LogP contribution in [0, 0.1) is 10.1 Å². The van der Waals surface area contributed by atoms with Crippen LogP contribution < -0.4 is 4.90 Å². The lowest BCUT2D eigenvalue weighted by molar-refractivity contribution is -0.384. The number of aliphatic hydroxyl groups excluding tert-OH is 1. The number of nitro benzene ring substituents is 1. The van der Waals surface area contributed by atoms with Crippen molar-refractivity contribution in [3.63, 3.8) is 0 Å². The number of carbonyl (C=O) groups is 1. The van der Waals surface area contributed by atoms with Crippen LogP contribution >= 0.6 is 11.6 Å². The van der Waals surface area contributed by atoms with Crippen LogP contribution in [0.15, 0.2) is 52.7 Å². The Morgan fingerprint density at radius 3 is 2.48 bits per heavy atom. The van der Waals surface area contributed by atoms with E-state index >= 15 is 0 Å². The number of azo groups is 1. The molecule has 0 amide bonds. The number of benzene rings is 2. The van der Waals surface area contributed by atoms with Gasteiger partial charge in [-0.15, -0.1) is 5.11 Å². The van der Waals surface area contributed by atoms with Gasteiger partial charge in [0.25, 0.3) is 5.69 Å². The van der Waals surface area contributed by atoms with E-state index < -0.39 is 4.92 Å². The lowest BCUT2D eigenvalue weighted by Crippen LogP contribution is -2.26. The van der Waals surface area contributed by atoms with Crippen molar-refractivity contribution in [1.29, 1.82) is 0 Å². The zero-order chi connectivity index (χ0) is 22.6. The molecule has 0 spiro atoms. The van der Waals surface area contributed by atoms with E-state index in [-0.39, 0.29) is 23.3 Å². The average molecular weight is 449 g/mol. The van der Waals surface area contributed by atoms with E-state index in [1.165, 1.54) is 18.2 Å². The minimum absolute atomic E-state index is 0.0800. The lowest BCUT2D eigenvalue weighted by atomic mass is 10.2. The molecule has 0 atom stereocenters. The van der Waals surface area contributed by atoms with Gasteiger partial charge in [-0.1, -0.05) is 11.6 Å². The number of non-ortho nitro benzene ring substituents is 1. The number of hydrogen-bond acceptors (Lipinski definition) is 8. The molecule has 0 aliphatic carbocycles. The Hall–Kier alpha value is -3.04. The molecule has 166 valence electrons. The molecular weight excluding hydrogens is 424 g/mol. The van der Waals surface area contributed by atoms with E-state index in [1.807, 2.05) is 12.1 Å². The van der Waals surface area contributed by atoms with Gasteiger partial charge in [0.1, 0.15) is 5.69 Å². The molecule has 0 bridgehead atoms. The van der Waals surface area contributed by atoms with E-state index in [1.54, 1.807) is 19.1 Å². The first-order chi connectivity index (χ1) is 14.9. The largest absolute Gasteiger partial charge is 0.466 e. The summed E-state index contributed by atoms with van der Waals surface area (Å²) in [5, 5.41) is 28.3. The molecule has 31 heavy (non-hydrogen) atoms. The van der Waals surface area contributed by atoms with Crippen LogP contribution in [0.5, 0.6) is 0 Å². The summed E-state index contributed by atoms with van der Waals surface area (Å²) >= 11 is 6.03. The number of nitrogens with zero attached hydrogens (tertiary/aromatic N) is 4. The molecule has 0 heterocycles. The Balaban J connectivity index is 2.03. The quantitative estimate of drug-likeness (QED) is 0.206. The van der Waals surface area contributed by atoms with Gasteiger partial charge in [-0.25, -0.2) is 0 Å². The maximum atomic E-state index is 11.5. The molecule has 0 aliphatic rings. The molecule has 1 N–H and O–H groups in total. The van der Waals surface area contributed by atoms with Crippen LogP contribution in [0.4, 0.5) is 22.7 Å². The monoisotopic (exact) mass is 448 g/mol. The van der Waals surface area contributed by atoms with E-state index in [9.17, 15) is 14.9 Å². The fourth-order valence-electron chi connectivity index (χ4n) is 2.81. The van der Waals surface area contributed by atoms with Crippen LogP contribution in [0.1, 0.15) is 26.2 Å². The van der Waals surface area contributed by atoms with Gasteiger partial charge in [-0.3, -0.25) is 14.9 Å². The minimum atomic E-state index is -0.527. The molecule has 0 saturated carbocycles. The summed E-state index contributed by atoms with van der Waals surface area (Å²) in [7, 11) is 0. The van der Waals surface area contributed by atoms with E-state index in [2.05, 4.69) is 15.1 Å². The molecule has 0 radical (unpaired) electrons. The zero-order valence-corrected chi connectivity index (χ0v) is 18.0. The van der Waals surface area contributed by atoms with Crippen LogP contribution in [0.2, 0.25) is 5.02 Å².